The van der Waals surface area contributed by atoms with E-state index in [-0.39, 0.29) is 12.3 Å². The fraction of sp³-hybridized carbons (Fsp3) is 0.143. The van der Waals surface area contributed by atoms with Gasteiger partial charge in [0, 0.05) is 39.4 Å². The second-order valence-electron chi connectivity index (χ2n) is 6.59. The van der Waals surface area contributed by atoms with Gasteiger partial charge in [-0.15, -0.1) is 0 Å². The first kappa shape index (κ1) is 16.8. The average Bonchev–Trinajstić information content (AvgIpc) is 3.14. The predicted molar refractivity (Wildman–Crippen MR) is 109 cm³/mol. The molecule has 0 saturated carbocycles. The molecule has 5 rings (SSSR count). The van der Waals surface area contributed by atoms with E-state index in [0.717, 1.165) is 44.1 Å². The third-order valence-corrected chi connectivity index (χ3v) is 5.64. The maximum atomic E-state index is 6.33. The maximum Gasteiger partial charge on any atom is 0.215 e. The van der Waals surface area contributed by atoms with Gasteiger partial charge >= 0.3 is 0 Å². The lowest BCUT2D eigenvalue weighted by Gasteiger charge is -2.38. The Balaban J connectivity index is 1.60. The van der Waals surface area contributed by atoms with E-state index < -0.39 is 0 Å². The van der Waals surface area contributed by atoms with Gasteiger partial charge in [0.1, 0.15) is 5.75 Å². The highest BCUT2D eigenvalue weighted by molar-refractivity contribution is 9.10. The molecule has 0 radical (unpaired) electrons. The zero-order valence-corrected chi connectivity index (χ0v) is 16.6. The summed E-state index contributed by atoms with van der Waals surface area (Å²) < 4.78 is 7.36. The van der Waals surface area contributed by atoms with Gasteiger partial charge < -0.3 is 4.74 Å². The fourth-order valence-corrected chi connectivity index (χ4v) is 4.12. The summed E-state index contributed by atoms with van der Waals surface area (Å²) in [5.41, 5.74) is 4.23. The van der Waals surface area contributed by atoms with Crippen LogP contribution in [-0.2, 0) is 0 Å². The Hall–Kier alpha value is -2.37. The van der Waals surface area contributed by atoms with E-state index in [2.05, 4.69) is 32.0 Å². The van der Waals surface area contributed by atoms with Crippen molar-refractivity contribution in [3.63, 3.8) is 0 Å². The molecule has 1 aromatic heterocycles. The number of halogens is 2. The molecule has 0 fully saturated rings. The lowest BCUT2D eigenvalue weighted by molar-refractivity contribution is -0.0192. The Kier molecular flexibility index (Phi) is 4.14. The number of hydrogen-bond donors (Lipinski definition) is 0. The first-order valence-electron chi connectivity index (χ1n) is 8.67. The van der Waals surface area contributed by atoms with Crippen LogP contribution < -0.4 is 4.74 Å². The number of ether oxygens (including phenoxy) is 1. The van der Waals surface area contributed by atoms with Crippen LogP contribution in [0.25, 0.3) is 0 Å². The standard InChI is InChI=1S/C21H15BrClN3O/c22-15-5-8-20-17(10-15)19-11-18(13-3-6-16(23)7-4-13)25-26(19)21(27-20)14-2-1-9-24-12-14/h1-10,12,19,21H,11H2. The molecule has 6 heteroatoms. The predicted octanol–water partition coefficient (Wildman–Crippen LogP) is 5.74. The van der Waals surface area contributed by atoms with Crippen LogP contribution in [0, 0.1) is 0 Å². The number of aromatic nitrogens is 1. The van der Waals surface area contributed by atoms with E-state index in [1.165, 1.54) is 0 Å². The van der Waals surface area contributed by atoms with Gasteiger partial charge in [-0.2, -0.15) is 5.10 Å². The highest BCUT2D eigenvalue weighted by Crippen LogP contribution is 2.48. The van der Waals surface area contributed by atoms with Crippen molar-refractivity contribution in [2.45, 2.75) is 18.7 Å². The summed E-state index contributed by atoms with van der Waals surface area (Å²) in [6.07, 6.45) is 4.11. The smallest absolute Gasteiger partial charge is 0.215 e. The summed E-state index contributed by atoms with van der Waals surface area (Å²) in [7, 11) is 0. The van der Waals surface area contributed by atoms with E-state index in [0.29, 0.717) is 0 Å². The normalized spacial score (nSPS) is 20.5. The van der Waals surface area contributed by atoms with E-state index in [1.54, 1.807) is 6.20 Å². The molecular formula is C21H15BrClN3O. The third-order valence-electron chi connectivity index (χ3n) is 4.90. The number of hydrazone groups is 1. The van der Waals surface area contributed by atoms with Gasteiger partial charge in [-0.1, -0.05) is 45.7 Å². The van der Waals surface area contributed by atoms with Crippen molar-refractivity contribution >= 4 is 33.2 Å². The summed E-state index contributed by atoms with van der Waals surface area (Å²) >= 11 is 9.62. The van der Waals surface area contributed by atoms with Crippen molar-refractivity contribution < 1.29 is 4.74 Å². The summed E-state index contributed by atoms with van der Waals surface area (Å²) in [5, 5.41) is 7.71. The minimum atomic E-state index is -0.304. The van der Waals surface area contributed by atoms with E-state index in [4.69, 9.17) is 21.4 Å². The molecule has 0 saturated heterocycles. The topological polar surface area (TPSA) is 37.7 Å². The number of nitrogens with zero attached hydrogens (tertiary/aromatic N) is 3. The van der Waals surface area contributed by atoms with E-state index in [1.807, 2.05) is 54.7 Å². The zero-order valence-electron chi connectivity index (χ0n) is 14.2. The van der Waals surface area contributed by atoms with Gasteiger partial charge in [0.15, 0.2) is 0 Å². The minimum absolute atomic E-state index is 0.113. The number of rotatable bonds is 2. The third kappa shape index (κ3) is 3.01. The molecule has 2 aliphatic rings. The molecule has 134 valence electrons. The second-order valence-corrected chi connectivity index (χ2v) is 7.94. The average molecular weight is 441 g/mol. The lowest BCUT2D eigenvalue weighted by atomic mass is 9.96. The number of fused-ring (bicyclic) bond motifs is 3. The number of pyridine rings is 1. The highest BCUT2D eigenvalue weighted by Gasteiger charge is 2.41. The van der Waals surface area contributed by atoms with Crippen molar-refractivity contribution in [2.24, 2.45) is 5.10 Å². The highest BCUT2D eigenvalue weighted by atomic mass is 79.9. The van der Waals surface area contributed by atoms with Gasteiger partial charge in [0.25, 0.3) is 0 Å². The van der Waals surface area contributed by atoms with Gasteiger partial charge in [-0.25, -0.2) is 5.01 Å². The van der Waals surface area contributed by atoms with Crippen molar-refractivity contribution in [2.75, 3.05) is 0 Å². The monoisotopic (exact) mass is 439 g/mol. The molecule has 4 nitrogen and oxygen atoms in total. The molecule has 0 N–H and O–H groups in total. The number of benzene rings is 2. The molecule has 2 aromatic carbocycles. The minimum Gasteiger partial charge on any atom is -0.464 e. The molecule has 0 spiro atoms. The maximum absolute atomic E-state index is 6.33. The Labute approximate surface area is 170 Å². The summed E-state index contributed by atoms with van der Waals surface area (Å²) in [6, 6.07) is 18.0. The van der Waals surface area contributed by atoms with Gasteiger partial charge in [0.05, 0.1) is 11.8 Å². The molecule has 2 aliphatic heterocycles. The Morgan fingerprint density at radius 1 is 1.11 bits per heavy atom. The van der Waals surface area contributed by atoms with Gasteiger partial charge in [-0.05, 0) is 42.0 Å². The van der Waals surface area contributed by atoms with Crippen LogP contribution in [-0.4, -0.2) is 15.7 Å². The molecule has 2 atom stereocenters. The van der Waals surface area contributed by atoms with Crippen LogP contribution in [0.4, 0.5) is 0 Å². The van der Waals surface area contributed by atoms with Crippen LogP contribution in [0.1, 0.15) is 35.4 Å². The van der Waals surface area contributed by atoms with E-state index >= 15 is 0 Å². The van der Waals surface area contributed by atoms with Gasteiger partial charge in [0.2, 0.25) is 6.23 Å². The number of hydrogen-bond acceptors (Lipinski definition) is 4. The fourth-order valence-electron chi connectivity index (χ4n) is 3.62. The Bertz CT molecular complexity index is 1020. The van der Waals surface area contributed by atoms with Crippen LogP contribution in [0.15, 0.2) is 76.6 Å². The SMILES string of the molecule is Clc1ccc(C2=NN3C(C2)c2cc(Br)ccc2OC3c2cccnc2)cc1. The largest absolute Gasteiger partial charge is 0.464 e. The quantitative estimate of drug-likeness (QED) is 0.510. The van der Waals surface area contributed by atoms with Crippen molar-refractivity contribution in [1.82, 2.24) is 9.99 Å². The van der Waals surface area contributed by atoms with Gasteiger partial charge in [-0.3, -0.25) is 4.98 Å². The molecule has 0 bridgehead atoms. The summed E-state index contributed by atoms with van der Waals surface area (Å²) in [5.74, 6) is 0.890. The van der Waals surface area contributed by atoms with Crippen LogP contribution in [0.3, 0.4) is 0 Å². The van der Waals surface area contributed by atoms with Crippen LogP contribution >= 0.6 is 27.5 Å². The first-order valence-corrected chi connectivity index (χ1v) is 9.84. The molecule has 3 heterocycles. The van der Waals surface area contributed by atoms with Crippen LogP contribution in [0.5, 0.6) is 5.75 Å². The first-order chi connectivity index (χ1) is 13.2. The molecular weight excluding hydrogens is 426 g/mol. The van der Waals surface area contributed by atoms with Crippen molar-refractivity contribution in [3.8, 4) is 5.75 Å². The molecule has 0 amide bonds. The molecule has 3 aromatic rings. The summed E-state index contributed by atoms with van der Waals surface area (Å²) in [4.78, 5) is 4.25. The van der Waals surface area contributed by atoms with Crippen molar-refractivity contribution in [3.05, 3.63) is 93.2 Å². The molecule has 0 aliphatic carbocycles. The second kappa shape index (κ2) is 6.66. The lowest BCUT2D eigenvalue weighted by Crippen LogP contribution is -2.33. The van der Waals surface area contributed by atoms with Crippen molar-refractivity contribution in [1.29, 1.82) is 0 Å². The molecule has 27 heavy (non-hydrogen) atoms. The van der Waals surface area contributed by atoms with E-state index in [9.17, 15) is 0 Å². The Morgan fingerprint density at radius 3 is 2.74 bits per heavy atom. The molecule has 2 unspecified atom stereocenters. The zero-order chi connectivity index (χ0) is 18.4. The van der Waals surface area contributed by atoms with Crippen LogP contribution in [0.2, 0.25) is 5.02 Å². The Morgan fingerprint density at radius 2 is 1.96 bits per heavy atom. The summed E-state index contributed by atoms with van der Waals surface area (Å²) in [6.45, 7) is 0.